The van der Waals surface area contributed by atoms with Crippen LogP contribution in [0.2, 0.25) is 0 Å². The van der Waals surface area contributed by atoms with E-state index in [1.807, 2.05) is 0 Å². The van der Waals surface area contributed by atoms with Gasteiger partial charge in [0.25, 0.3) is 0 Å². The first-order chi connectivity index (χ1) is 15.8. The summed E-state index contributed by atoms with van der Waals surface area (Å²) in [6.07, 6.45) is 5.64. The molecular formula is C28H43F3O3. The van der Waals surface area contributed by atoms with Crippen molar-refractivity contribution in [1.29, 1.82) is 0 Å². The van der Waals surface area contributed by atoms with Crippen molar-refractivity contribution in [2.75, 3.05) is 13.2 Å². The first-order valence-electron chi connectivity index (χ1n) is 13.6. The van der Waals surface area contributed by atoms with Gasteiger partial charge in [0.2, 0.25) is 0 Å². The van der Waals surface area contributed by atoms with E-state index in [0.29, 0.717) is 49.2 Å². The molecule has 1 heterocycles. The summed E-state index contributed by atoms with van der Waals surface area (Å²) in [5, 5.41) is 21.1. The Hall–Kier alpha value is -0.590. The maximum absolute atomic E-state index is 13.6. The van der Waals surface area contributed by atoms with E-state index in [2.05, 4.69) is 26.8 Å². The molecule has 0 unspecified atom stereocenters. The Morgan fingerprint density at radius 3 is 2.50 bits per heavy atom. The number of allylic oxidation sites excluding steroid dienone is 1. The summed E-state index contributed by atoms with van der Waals surface area (Å²) in [5.74, 6) is 2.78. The summed E-state index contributed by atoms with van der Waals surface area (Å²) in [4.78, 5) is 0. The van der Waals surface area contributed by atoms with E-state index < -0.39 is 17.4 Å². The molecule has 6 heteroatoms. The van der Waals surface area contributed by atoms with Crippen LogP contribution in [0.4, 0.5) is 13.2 Å². The molecule has 2 N–H and O–H groups in total. The SMILES string of the molecule is C[C@H](CC[C@]1(O)CCOC1)[C@H]1CC[C@H]2[C@@H]3CC=C4C[C@](O)(C(F)(F)F)CC[C@]4(C)[C@H]3CC[C@]12C. The molecule has 1 aliphatic heterocycles. The van der Waals surface area contributed by atoms with Crippen molar-refractivity contribution < 1.29 is 28.1 Å². The number of alkyl halides is 3. The number of fused-ring (bicyclic) bond motifs is 5. The minimum Gasteiger partial charge on any atom is -0.387 e. The highest BCUT2D eigenvalue weighted by Crippen LogP contribution is 2.68. The molecule has 4 aliphatic carbocycles. The molecule has 34 heavy (non-hydrogen) atoms. The second-order valence-electron chi connectivity index (χ2n) is 13.2. The maximum atomic E-state index is 13.6. The van der Waals surface area contributed by atoms with Gasteiger partial charge in [-0.2, -0.15) is 13.2 Å². The Morgan fingerprint density at radius 2 is 1.82 bits per heavy atom. The summed E-state index contributed by atoms with van der Waals surface area (Å²) in [5.41, 5.74) is -2.28. The van der Waals surface area contributed by atoms with Crippen LogP contribution in [0.25, 0.3) is 0 Å². The van der Waals surface area contributed by atoms with E-state index in [-0.39, 0.29) is 23.7 Å². The largest absolute Gasteiger partial charge is 0.417 e. The van der Waals surface area contributed by atoms with Gasteiger partial charge in [0.1, 0.15) is 0 Å². The number of rotatable bonds is 4. The van der Waals surface area contributed by atoms with Crippen molar-refractivity contribution in [2.45, 2.75) is 109 Å². The number of aliphatic hydroxyl groups is 2. The molecule has 0 aromatic rings. The third-order valence-corrected chi connectivity index (χ3v) is 11.6. The van der Waals surface area contributed by atoms with Crippen LogP contribution in [0, 0.1) is 40.4 Å². The zero-order chi connectivity index (χ0) is 24.6. The predicted octanol–water partition coefficient (Wildman–Crippen LogP) is 6.43. The van der Waals surface area contributed by atoms with Crippen LogP contribution in [0.5, 0.6) is 0 Å². The van der Waals surface area contributed by atoms with Crippen molar-refractivity contribution in [3.63, 3.8) is 0 Å². The topological polar surface area (TPSA) is 49.7 Å². The molecule has 0 amide bonds. The zero-order valence-corrected chi connectivity index (χ0v) is 21.1. The van der Waals surface area contributed by atoms with Gasteiger partial charge >= 0.3 is 6.18 Å². The van der Waals surface area contributed by atoms with Crippen LogP contribution in [0.15, 0.2) is 11.6 Å². The van der Waals surface area contributed by atoms with Crippen LogP contribution < -0.4 is 0 Å². The van der Waals surface area contributed by atoms with Crippen molar-refractivity contribution in [2.24, 2.45) is 40.4 Å². The molecule has 0 spiro atoms. The molecule has 3 nitrogen and oxygen atoms in total. The standard InChI is InChI=1S/C28H43F3O3/c1-18(8-11-26(32)14-15-34-17-26)21-6-7-22-20-5-4-19-16-27(33,28(29,30)31)13-12-24(19,2)23(20)9-10-25(21,22)3/h4,18,20-23,32-33H,5-17H2,1-3H3/t18-,20+,21-,22+,23+,24+,25-,26+,27+/m1/s1. The number of hydrogen-bond acceptors (Lipinski definition) is 3. The van der Waals surface area contributed by atoms with Crippen LogP contribution in [-0.2, 0) is 4.74 Å². The molecule has 3 saturated carbocycles. The summed E-state index contributed by atoms with van der Waals surface area (Å²) in [7, 11) is 0. The highest BCUT2D eigenvalue weighted by molar-refractivity contribution is 5.28. The first-order valence-corrected chi connectivity index (χ1v) is 13.6. The molecule has 0 aromatic heterocycles. The Morgan fingerprint density at radius 1 is 1.06 bits per heavy atom. The van der Waals surface area contributed by atoms with Gasteiger partial charge < -0.3 is 14.9 Å². The van der Waals surface area contributed by atoms with Gasteiger partial charge in [-0.25, -0.2) is 0 Å². The fourth-order valence-electron chi connectivity index (χ4n) is 9.36. The van der Waals surface area contributed by atoms with Gasteiger partial charge in [-0.1, -0.05) is 32.4 Å². The lowest BCUT2D eigenvalue weighted by molar-refractivity contribution is -0.271. The van der Waals surface area contributed by atoms with Gasteiger partial charge in [0.15, 0.2) is 5.60 Å². The van der Waals surface area contributed by atoms with Gasteiger partial charge in [-0.3, -0.25) is 0 Å². The fourth-order valence-corrected chi connectivity index (χ4v) is 9.36. The van der Waals surface area contributed by atoms with Gasteiger partial charge in [-0.15, -0.1) is 0 Å². The molecule has 0 bridgehead atoms. The zero-order valence-electron chi connectivity index (χ0n) is 21.1. The molecular weight excluding hydrogens is 441 g/mol. The van der Waals surface area contributed by atoms with E-state index in [1.54, 1.807) is 0 Å². The lowest BCUT2D eigenvalue weighted by atomic mass is 9.46. The lowest BCUT2D eigenvalue weighted by Gasteiger charge is -2.59. The molecule has 5 rings (SSSR count). The first kappa shape index (κ1) is 25.1. The van der Waals surface area contributed by atoms with Crippen molar-refractivity contribution >= 4 is 0 Å². The van der Waals surface area contributed by atoms with Gasteiger partial charge in [0, 0.05) is 19.4 Å². The molecule has 5 aliphatic rings. The normalized spacial score (nSPS) is 49.7. The third kappa shape index (κ3) is 3.80. The summed E-state index contributed by atoms with van der Waals surface area (Å²) < 4.78 is 46.2. The van der Waals surface area contributed by atoms with Crippen molar-refractivity contribution in [1.82, 2.24) is 0 Å². The highest BCUT2D eigenvalue weighted by atomic mass is 19.4. The Kier molecular flexibility index (Phi) is 6.05. The second kappa shape index (κ2) is 8.21. The van der Waals surface area contributed by atoms with Crippen LogP contribution in [-0.4, -0.2) is 40.8 Å². The number of hydrogen-bond donors (Lipinski definition) is 2. The van der Waals surface area contributed by atoms with E-state index in [4.69, 9.17) is 4.74 Å². The molecule has 194 valence electrons. The summed E-state index contributed by atoms with van der Waals surface area (Å²) in [6.45, 7) is 8.16. The maximum Gasteiger partial charge on any atom is 0.417 e. The summed E-state index contributed by atoms with van der Waals surface area (Å²) >= 11 is 0. The monoisotopic (exact) mass is 484 g/mol. The van der Waals surface area contributed by atoms with E-state index in [0.717, 1.165) is 44.1 Å². The van der Waals surface area contributed by atoms with E-state index in [1.165, 1.54) is 12.8 Å². The van der Waals surface area contributed by atoms with Crippen molar-refractivity contribution in [3.05, 3.63) is 11.6 Å². The van der Waals surface area contributed by atoms with E-state index >= 15 is 0 Å². The molecule has 4 fully saturated rings. The fraction of sp³-hybridized carbons (Fsp3) is 0.929. The van der Waals surface area contributed by atoms with Crippen molar-refractivity contribution in [3.8, 4) is 0 Å². The summed E-state index contributed by atoms with van der Waals surface area (Å²) in [6, 6.07) is 0. The van der Waals surface area contributed by atoms with Crippen LogP contribution in [0.3, 0.4) is 0 Å². The smallest absolute Gasteiger partial charge is 0.387 e. The Labute approximate surface area is 202 Å². The van der Waals surface area contributed by atoms with Gasteiger partial charge in [-0.05, 0) is 98.2 Å². The Balaban J connectivity index is 1.31. The lowest BCUT2D eigenvalue weighted by Crippen LogP contribution is -2.55. The minimum absolute atomic E-state index is 0.179. The predicted molar refractivity (Wildman–Crippen MR) is 125 cm³/mol. The molecule has 0 radical (unpaired) electrons. The number of ether oxygens (including phenoxy) is 1. The average Bonchev–Trinajstić information content (AvgIpc) is 3.35. The average molecular weight is 485 g/mol. The highest BCUT2D eigenvalue weighted by Gasteiger charge is 2.63. The van der Waals surface area contributed by atoms with E-state index in [9.17, 15) is 23.4 Å². The molecule has 0 aromatic carbocycles. The third-order valence-electron chi connectivity index (χ3n) is 11.6. The molecule has 9 atom stereocenters. The molecule has 1 saturated heterocycles. The van der Waals surface area contributed by atoms with Crippen LogP contribution in [0.1, 0.15) is 91.4 Å². The Bertz CT molecular complexity index is 818. The number of halogens is 3. The van der Waals surface area contributed by atoms with Gasteiger partial charge in [0.05, 0.1) is 12.2 Å². The quantitative estimate of drug-likeness (QED) is 0.452. The second-order valence-corrected chi connectivity index (χ2v) is 13.2. The van der Waals surface area contributed by atoms with Crippen LogP contribution >= 0.6 is 0 Å². The minimum atomic E-state index is -4.57.